The summed E-state index contributed by atoms with van der Waals surface area (Å²) in [6.45, 7) is 2.28. The molecule has 0 bridgehead atoms. The SMILES string of the molecule is COc1cc2c(N)nc(N3CCN(C(=O)CC4CC5CCCC5N4)CC3)nc2c(F)c1OC. The third-order valence-corrected chi connectivity index (χ3v) is 7.33. The van der Waals surface area contributed by atoms with Crippen molar-refractivity contribution >= 4 is 28.6 Å². The molecule has 2 aliphatic heterocycles. The van der Waals surface area contributed by atoms with Crippen LogP contribution in [0, 0.1) is 11.7 Å². The molecule has 2 aromatic rings. The highest BCUT2D eigenvalue weighted by atomic mass is 19.1. The summed E-state index contributed by atoms with van der Waals surface area (Å²) in [7, 11) is 2.81. The maximum Gasteiger partial charge on any atom is 0.228 e. The number of aromatic nitrogens is 2. The number of fused-ring (bicyclic) bond motifs is 2. The van der Waals surface area contributed by atoms with E-state index in [1.165, 1.54) is 33.5 Å². The van der Waals surface area contributed by atoms with Gasteiger partial charge in [-0.3, -0.25) is 4.79 Å². The maximum absolute atomic E-state index is 15.1. The Bertz CT molecular complexity index is 1050. The van der Waals surface area contributed by atoms with E-state index in [4.69, 9.17) is 15.2 Å². The van der Waals surface area contributed by atoms with E-state index in [9.17, 15) is 4.79 Å². The van der Waals surface area contributed by atoms with Crippen molar-refractivity contribution in [3.05, 3.63) is 11.9 Å². The molecule has 10 heteroatoms. The molecule has 1 aliphatic carbocycles. The van der Waals surface area contributed by atoms with Crippen molar-refractivity contribution in [2.75, 3.05) is 51.0 Å². The molecular formula is C23H31FN6O3. The average Bonchev–Trinajstić information content (AvgIpc) is 3.41. The van der Waals surface area contributed by atoms with Crippen molar-refractivity contribution in [1.29, 1.82) is 0 Å². The molecule has 3 aliphatic rings. The normalized spacial score (nSPS) is 24.9. The van der Waals surface area contributed by atoms with Gasteiger partial charge in [0.15, 0.2) is 17.3 Å². The second-order valence-electron chi connectivity index (χ2n) is 9.20. The van der Waals surface area contributed by atoms with Crippen LogP contribution in [0.1, 0.15) is 32.1 Å². The lowest BCUT2D eigenvalue weighted by molar-refractivity contribution is -0.132. The fourth-order valence-corrected chi connectivity index (χ4v) is 5.59. The highest BCUT2D eigenvalue weighted by molar-refractivity contribution is 5.92. The van der Waals surface area contributed by atoms with Gasteiger partial charge in [-0.15, -0.1) is 0 Å². The van der Waals surface area contributed by atoms with Crippen LogP contribution in [-0.4, -0.2) is 73.3 Å². The number of methoxy groups -OCH3 is 2. The summed E-state index contributed by atoms with van der Waals surface area (Å²) in [6, 6.07) is 2.48. The number of halogens is 1. The number of hydrogen-bond donors (Lipinski definition) is 2. The van der Waals surface area contributed by atoms with Crippen LogP contribution >= 0.6 is 0 Å². The maximum atomic E-state index is 15.1. The van der Waals surface area contributed by atoms with Crippen LogP contribution < -0.4 is 25.4 Å². The van der Waals surface area contributed by atoms with Gasteiger partial charge in [-0.25, -0.2) is 9.37 Å². The van der Waals surface area contributed by atoms with Crippen molar-refractivity contribution < 1.29 is 18.7 Å². The monoisotopic (exact) mass is 458 g/mol. The molecule has 3 fully saturated rings. The minimum Gasteiger partial charge on any atom is -0.493 e. The van der Waals surface area contributed by atoms with Crippen LogP contribution in [-0.2, 0) is 4.79 Å². The number of ether oxygens (including phenoxy) is 2. The van der Waals surface area contributed by atoms with E-state index in [1.807, 2.05) is 9.80 Å². The lowest BCUT2D eigenvalue weighted by Crippen LogP contribution is -2.50. The summed E-state index contributed by atoms with van der Waals surface area (Å²) in [5.74, 6) is 1.04. The van der Waals surface area contributed by atoms with E-state index in [0.717, 1.165) is 12.3 Å². The lowest BCUT2D eigenvalue weighted by atomic mass is 10.0. The molecule has 1 aromatic carbocycles. The predicted octanol–water partition coefficient (Wildman–Crippen LogP) is 1.94. The minimum atomic E-state index is -0.634. The lowest BCUT2D eigenvalue weighted by Gasteiger charge is -2.35. The molecule has 1 saturated carbocycles. The van der Waals surface area contributed by atoms with Crippen molar-refractivity contribution in [1.82, 2.24) is 20.2 Å². The Morgan fingerprint density at radius 2 is 2.00 bits per heavy atom. The highest BCUT2D eigenvalue weighted by Crippen LogP contribution is 2.38. The molecule has 1 amide bonds. The highest BCUT2D eigenvalue weighted by Gasteiger charge is 2.38. The number of nitrogens with one attached hydrogen (secondary N) is 1. The molecule has 2 saturated heterocycles. The zero-order valence-electron chi connectivity index (χ0n) is 19.1. The number of carbonyl (C=O) groups is 1. The van der Waals surface area contributed by atoms with Crippen molar-refractivity contribution in [2.24, 2.45) is 5.92 Å². The van der Waals surface area contributed by atoms with Crippen LogP contribution in [0.15, 0.2) is 6.07 Å². The molecule has 0 radical (unpaired) electrons. The van der Waals surface area contributed by atoms with Gasteiger partial charge in [0, 0.05) is 50.1 Å². The third-order valence-electron chi connectivity index (χ3n) is 7.33. The number of hydrogen-bond acceptors (Lipinski definition) is 8. The summed E-state index contributed by atoms with van der Waals surface area (Å²) in [4.78, 5) is 25.5. The second-order valence-corrected chi connectivity index (χ2v) is 9.20. The Morgan fingerprint density at radius 1 is 1.21 bits per heavy atom. The summed E-state index contributed by atoms with van der Waals surface area (Å²) in [5, 5.41) is 4.03. The van der Waals surface area contributed by atoms with E-state index >= 15 is 4.39 Å². The number of nitrogen functional groups attached to an aromatic ring is 1. The quantitative estimate of drug-likeness (QED) is 0.700. The summed E-state index contributed by atoms with van der Waals surface area (Å²) in [6.07, 6.45) is 5.49. The zero-order chi connectivity index (χ0) is 23.1. The fourth-order valence-electron chi connectivity index (χ4n) is 5.59. The first-order chi connectivity index (χ1) is 16.0. The number of benzene rings is 1. The van der Waals surface area contributed by atoms with Crippen molar-refractivity contribution in [2.45, 2.75) is 44.2 Å². The third kappa shape index (κ3) is 4.01. The zero-order valence-corrected chi connectivity index (χ0v) is 19.1. The summed E-state index contributed by atoms with van der Waals surface area (Å²) in [5.41, 5.74) is 6.23. The standard InChI is InChI=1S/C23H31FN6O3/c1-32-17-12-15-20(19(24)21(17)33-2)27-23(28-22(15)25)30-8-6-29(7-9-30)18(31)11-14-10-13-4-3-5-16(13)26-14/h12-14,16,26H,3-11H2,1-2H3,(H2,25,27,28). The molecule has 3 N–H and O–H groups in total. The predicted molar refractivity (Wildman–Crippen MR) is 123 cm³/mol. The van der Waals surface area contributed by atoms with Gasteiger partial charge in [0.2, 0.25) is 11.9 Å². The molecule has 3 unspecified atom stereocenters. The van der Waals surface area contributed by atoms with Gasteiger partial charge in [0.05, 0.1) is 14.2 Å². The topological polar surface area (TPSA) is 106 Å². The van der Waals surface area contributed by atoms with E-state index in [0.29, 0.717) is 56.0 Å². The van der Waals surface area contributed by atoms with Gasteiger partial charge in [-0.05, 0) is 31.2 Å². The van der Waals surface area contributed by atoms with E-state index in [-0.39, 0.29) is 28.7 Å². The molecule has 3 heterocycles. The number of piperazine rings is 1. The molecule has 5 rings (SSSR count). The molecule has 9 nitrogen and oxygen atoms in total. The first kappa shape index (κ1) is 21.9. The van der Waals surface area contributed by atoms with E-state index in [1.54, 1.807) is 6.07 Å². The first-order valence-corrected chi connectivity index (χ1v) is 11.6. The Kier molecular flexibility index (Phi) is 5.86. The van der Waals surface area contributed by atoms with E-state index < -0.39 is 5.82 Å². The number of nitrogens with zero attached hydrogens (tertiary/aromatic N) is 4. The van der Waals surface area contributed by atoms with Gasteiger partial charge in [-0.1, -0.05) is 6.42 Å². The fraction of sp³-hybridized carbons (Fsp3) is 0.609. The molecule has 178 valence electrons. The Labute approximate surface area is 192 Å². The number of anilines is 2. The summed E-state index contributed by atoms with van der Waals surface area (Å²) < 4.78 is 25.4. The Morgan fingerprint density at radius 3 is 2.70 bits per heavy atom. The number of nitrogens with two attached hydrogens (primary N) is 1. The van der Waals surface area contributed by atoms with Crippen molar-refractivity contribution in [3.63, 3.8) is 0 Å². The van der Waals surface area contributed by atoms with Crippen molar-refractivity contribution in [3.8, 4) is 11.5 Å². The number of amides is 1. The van der Waals surface area contributed by atoms with Crippen LogP contribution in [0.4, 0.5) is 16.2 Å². The first-order valence-electron chi connectivity index (χ1n) is 11.6. The molecule has 1 aromatic heterocycles. The summed E-state index contributed by atoms with van der Waals surface area (Å²) >= 11 is 0. The van der Waals surface area contributed by atoms with Crippen LogP contribution in [0.5, 0.6) is 11.5 Å². The van der Waals surface area contributed by atoms with Gasteiger partial charge in [0.1, 0.15) is 11.3 Å². The minimum absolute atomic E-state index is 0.0193. The number of rotatable bonds is 5. The smallest absolute Gasteiger partial charge is 0.228 e. The molecule has 33 heavy (non-hydrogen) atoms. The molecule has 3 atom stereocenters. The van der Waals surface area contributed by atoms with Crippen LogP contribution in [0.2, 0.25) is 0 Å². The average molecular weight is 459 g/mol. The van der Waals surface area contributed by atoms with Gasteiger partial charge in [-0.2, -0.15) is 4.98 Å². The van der Waals surface area contributed by atoms with Gasteiger partial charge < -0.3 is 30.3 Å². The van der Waals surface area contributed by atoms with Crippen LogP contribution in [0.25, 0.3) is 10.9 Å². The Balaban J connectivity index is 1.26. The van der Waals surface area contributed by atoms with Crippen LogP contribution in [0.3, 0.4) is 0 Å². The second kappa shape index (κ2) is 8.81. The Hall–Kier alpha value is -2.88. The van der Waals surface area contributed by atoms with E-state index in [2.05, 4.69) is 15.3 Å². The van der Waals surface area contributed by atoms with Gasteiger partial charge >= 0.3 is 0 Å². The molecular weight excluding hydrogens is 427 g/mol. The molecule has 0 spiro atoms. The van der Waals surface area contributed by atoms with Gasteiger partial charge in [0.25, 0.3) is 0 Å². The largest absolute Gasteiger partial charge is 0.493 e. The number of carbonyl (C=O) groups excluding carboxylic acids is 1.